The zero-order valence-electron chi connectivity index (χ0n) is 17.8. The first-order valence-corrected chi connectivity index (χ1v) is 11.0. The van der Waals surface area contributed by atoms with Crippen LogP contribution in [0.5, 0.6) is 5.75 Å². The van der Waals surface area contributed by atoms with Crippen LogP contribution in [0.15, 0.2) is 17.1 Å². The Balaban J connectivity index is 1.49. The molecule has 4 heteroatoms. The Hall–Kier alpha value is -2.15. The molecule has 4 nitrogen and oxygen atoms in total. The van der Waals surface area contributed by atoms with Gasteiger partial charge in [-0.1, -0.05) is 0 Å². The SMILES string of the molecule is COc1cc2c(cc1C#N)C(CC(=O)C13CC4CC(CC(C4)C1)C3)=NC(C)(C)C2. The first-order valence-electron chi connectivity index (χ1n) is 11.0. The number of carbonyl (C=O) groups excluding carboxylic acids is 1. The molecule has 1 aromatic rings. The van der Waals surface area contributed by atoms with Gasteiger partial charge in [-0.2, -0.15) is 5.26 Å². The maximum Gasteiger partial charge on any atom is 0.145 e. The van der Waals surface area contributed by atoms with Gasteiger partial charge in [0.05, 0.1) is 23.9 Å². The molecule has 0 saturated heterocycles. The third-order valence-corrected chi connectivity index (χ3v) is 7.88. The molecule has 1 aliphatic heterocycles. The van der Waals surface area contributed by atoms with E-state index >= 15 is 0 Å². The predicted octanol–water partition coefficient (Wildman–Crippen LogP) is 4.87. The van der Waals surface area contributed by atoms with Gasteiger partial charge in [0.2, 0.25) is 0 Å². The van der Waals surface area contributed by atoms with Crippen molar-refractivity contribution in [2.24, 2.45) is 28.2 Å². The summed E-state index contributed by atoms with van der Waals surface area (Å²) >= 11 is 0. The van der Waals surface area contributed by atoms with E-state index < -0.39 is 0 Å². The Labute approximate surface area is 173 Å². The van der Waals surface area contributed by atoms with Crippen molar-refractivity contribution in [1.82, 2.24) is 0 Å². The molecule has 6 rings (SSSR count). The van der Waals surface area contributed by atoms with Crippen molar-refractivity contribution in [2.45, 2.75) is 70.8 Å². The second-order valence-electron chi connectivity index (χ2n) is 10.7. The third-order valence-electron chi connectivity index (χ3n) is 7.88. The summed E-state index contributed by atoms with van der Waals surface area (Å²) in [7, 11) is 1.60. The summed E-state index contributed by atoms with van der Waals surface area (Å²) in [6.45, 7) is 4.24. The zero-order chi connectivity index (χ0) is 20.4. The molecular formula is C25H30N2O2. The molecule has 4 fully saturated rings. The molecule has 4 saturated carbocycles. The number of carbonyl (C=O) groups is 1. The van der Waals surface area contributed by atoms with Crippen molar-refractivity contribution in [1.29, 1.82) is 5.26 Å². The molecule has 0 unspecified atom stereocenters. The van der Waals surface area contributed by atoms with Gasteiger partial charge in [0, 0.05) is 17.4 Å². The van der Waals surface area contributed by atoms with Gasteiger partial charge in [0.15, 0.2) is 0 Å². The second-order valence-corrected chi connectivity index (χ2v) is 10.7. The maximum absolute atomic E-state index is 13.7. The van der Waals surface area contributed by atoms with Crippen LogP contribution in [0, 0.1) is 34.5 Å². The molecule has 1 heterocycles. The van der Waals surface area contributed by atoms with E-state index in [2.05, 4.69) is 19.9 Å². The number of nitriles is 1. The Morgan fingerprint density at radius 1 is 1.17 bits per heavy atom. The second kappa shape index (κ2) is 6.42. The third kappa shape index (κ3) is 3.10. The van der Waals surface area contributed by atoms with Gasteiger partial charge in [0.25, 0.3) is 0 Å². The quantitative estimate of drug-likeness (QED) is 0.737. The van der Waals surface area contributed by atoms with Crippen molar-refractivity contribution in [3.8, 4) is 11.8 Å². The van der Waals surface area contributed by atoms with E-state index in [-0.39, 0.29) is 11.0 Å². The van der Waals surface area contributed by atoms with Gasteiger partial charge in [-0.05, 0) is 94.2 Å². The highest BCUT2D eigenvalue weighted by molar-refractivity contribution is 6.14. The number of hydrogen-bond acceptors (Lipinski definition) is 4. The van der Waals surface area contributed by atoms with Gasteiger partial charge < -0.3 is 4.74 Å². The molecule has 1 aromatic carbocycles. The van der Waals surface area contributed by atoms with E-state index in [0.717, 1.165) is 60.3 Å². The maximum atomic E-state index is 13.7. The smallest absolute Gasteiger partial charge is 0.145 e. The van der Waals surface area contributed by atoms with Crippen LogP contribution in [0.25, 0.3) is 0 Å². The fourth-order valence-electron chi connectivity index (χ4n) is 7.15. The molecular weight excluding hydrogens is 360 g/mol. The number of rotatable bonds is 4. The number of fused-ring (bicyclic) bond motifs is 1. The van der Waals surface area contributed by atoms with E-state index in [1.165, 1.54) is 19.3 Å². The van der Waals surface area contributed by atoms with Gasteiger partial charge >= 0.3 is 0 Å². The van der Waals surface area contributed by atoms with Crippen molar-refractivity contribution < 1.29 is 9.53 Å². The van der Waals surface area contributed by atoms with Crippen molar-refractivity contribution in [3.63, 3.8) is 0 Å². The minimum Gasteiger partial charge on any atom is -0.495 e. The summed E-state index contributed by atoms with van der Waals surface area (Å²) in [6, 6.07) is 6.09. The topological polar surface area (TPSA) is 62.4 Å². The molecule has 0 spiro atoms. The van der Waals surface area contributed by atoms with Gasteiger partial charge in [-0.15, -0.1) is 0 Å². The van der Waals surface area contributed by atoms with Crippen molar-refractivity contribution >= 4 is 11.5 Å². The lowest BCUT2D eigenvalue weighted by Crippen LogP contribution is -2.50. The number of nitrogens with zero attached hydrogens (tertiary/aromatic N) is 2. The van der Waals surface area contributed by atoms with Crippen molar-refractivity contribution in [3.05, 3.63) is 28.8 Å². The molecule has 5 aliphatic rings. The van der Waals surface area contributed by atoms with Gasteiger partial charge in [-0.25, -0.2) is 0 Å². The molecule has 4 aliphatic carbocycles. The predicted molar refractivity (Wildman–Crippen MR) is 112 cm³/mol. The number of Topliss-reactive ketones (excluding diaryl/α,β-unsaturated/α-hetero) is 1. The minimum atomic E-state index is -0.247. The summed E-state index contributed by atoms with van der Waals surface area (Å²) in [5, 5.41) is 9.54. The van der Waals surface area contributed by atoms with Crippen LogP contribution in [0.4, 0.5) is 0 Å². The lowest BCUT2D eigenvalue weighted by atomic mass is 9.48. The van der Waals surface area contributed by atoms with Crippen LogP contribution in [-0.4, -0.2) is 24.1 Å². The van der Waals surface area contributed by atoms with Crippen LogP contribution in [0.2, 0.25) is 0 Å². The number of hydrogen-bond donors (Lipinski definition) is 0. The van der Waals surface area contributed by atoms with Crippen LogP contribution in [0.3, 0.4) is 0 Å². The lowest BCUT2D eigenvalue weighted by Gasteiger charge is -2.56. The first-order chi connectivity index (χ1) is 13.8. The molecule has 0 atom stereocenters. The molecule has 4 bridgehead atoms. The highest BCUT2D eigenvalue weighted by Gasteiger charge is 2.54. The Morgan fingerprint density at radius 2 is 1.79 bits per heavy atom. The summed E-state index contributed by atoms with van der Waals surface area (Å²) in [5.74, 6) is 3.29. The Bertz CT molecular complexity index is 915. The van der Waals surface area contributed by atoms with Gasteiger partial charge in [0.1, 0.15) is 17.6 Å². The number of ketones is 1. The van der Waals surface area contributed by atoms with E-state index in [1.807, 2.05) is 12.1 Å². The van der Waals surface area contributed by atoms with Gasteiger partial charge in [-0.3, -0.25) is 9.79 Å². The number of methoxy groups -OCH3 is 1. The zero-order valence-corrected chi connectivity index (χ0v) is 17.8. The number of aliphatic imine (C=N–C) groups is 1. The van der Waals surface area contributed by atoms with E-state index in [9.17, 15) is 10.1 Å². The molecule has 0 aromatic heterocycles. The highest BCUT2D eigenvalue weighted by atomic mass is 16.5. The Kier molecular flexibility index (Phi) is 4.18. The molecule has 152 valence electrons. The molecule has 0 radical (unpaired) electrons. The normalized spacial score (nSPS) is 33.6. The molecule has 0 N–H and O–H groups in total. The molecule has 0 amide bonds. The number of ether oxygens (including phenoxy) is 1. The summed E-state index contributed by atoms with van der Waals surface area (Å²) in [6.07, 6.45) is 8.49. The largest absolute Gasteiger partial charge is 0.495 e. The van der Waals surface area contributed by atoms with Crippen LogP contribution in [0.1, 0.15) is 75.5 Å². The average molecular weight is 391 g/mol. The van der Waals surface area contributed by atoms with Crippen LogP contribution < -0.4 is 4.74 Å². The number of benzene rings is 1. The summed E-state index contributed by atoms with van der Waals surface area (Å²) in [4.78, 5) is 18.7. The van der Waals surface area contributed by atoms with E-state index in [0.29, 0.717) is 23.5 Å². The molecule has 29 heavy (non-hydrogen) atoms. The van der Waals surface area contributed by atoms with Crippen LogP contribution in [-0.2, 0) is 11.2 Å². The summed E-state index contributed by atoms with van der Waals surface area (Å²) in [5.41, 5.74) is 3.14. The fraction of sp³-hybridized carbons (Fsp3) is 0.640. The highest BCUT2D eigenvalue weighted by Crippen LogP contribution is 2.60. The fourth-order valence-corrected chi connectivity index (χ4v) is 7.15. The van der Waals surface area contributed by atoms with E-state index in [1.54, 1.807) is 7.11 Å². The standard InChI is InChI=1S/C25H30N2O2/c1-24(2)13-18-8-22(29-3)19(14-26)7-20(18)21(27-24)9-23(28)25-10-15-4-16(11-25)6-17(5-15)12-25/h7-8,15-17H,4-6,9-13H2,1-3H3. The average Bonchev–Trinajstić information content (AvgIpc) is 2.65. The minimum absolute atomic E-state index is 0.108. The van der Waals surface area contributed by atoms with Crippen molar-refractivity contribution in [2.75, 3.05) is 7.11 Å². The monoisotopic (exact) mass is 390 g/mol. The van der Waals surface area contributed by atoms with Crippen LogP contribution >= 0.6 is 0 Å². The summed E-state index contributed by atoms with van der Waals surface area (Å²) < 4.78 is 5.42. The lowest BCUT2D eigenvalue weighted by molar-refractivity contribution is -0.142. The Morgan fingerprint density at radius 3 is 2.34 bits per heavy atom. The first kappa shape index (κ1) is 18.9. The van der Waals surface area contributed by atoms with E-state index in [4.69, 9.17) is 9.73 Å².